The minimum Gasteiger partial charge on any atom is -0.478 e. The van der Waals surface area contributed by atoms with Gasteiger partial charge in [-0.2, -0.15) is 8.75 Å². The number of carboxylic acid groups (broad SMARTS) is 1. The van der Waals surface area contributed by atoms with Crippen molar-refractivity contribution in [3.05, 3.63) is 42.0 Å². The van der Waals surface area contributed by atoms with Crippen molar-refractivity contribution in [3.8, 4) is 11.3 Å². The van der Waals surface area contributed by atoms with Gasteiger partial charge in [0.2, 0.25) is 0 Å². The summed E-state index contributed by atoms with van der Waals surface area (Å²) in [6.07, 6.45) is 0. The zero-order chi connectivity index (χ0) is 18.3. The van der Waals surface area contributed by atoms with E-state index in [-0.39, 0.29) is 5.56 Å². The lowest BCUT2D eigenvalue weighted by Crippen LogP contribution is -2.21. The molecule has 0 saturated heterocycles. The topological polar surface area (TPSA) is 79.5 Å². The molecule has 0 aliphatic heterocycles. The van der Waals surface area contributed by atoms with Crippen LogP contribution in [-0.2, 0) is 0 Å². The number of benzene rings is 2. The van der Waals surface area contributed by atoms with Crippen molar-refractivity contribution in [1.82, 2.24) is 8.75 Å². The summed E-state index contributed by atoms with van der Waals surface area (Å²) in [6.45, 7) is 6.10. The van der Waals surface area contributed by atoms with Crippen molar-refractivity contribution >= 4 is 45.4 Å². The first kappa shape index (κ1) is 16.5. The zero-order valence-electron chi connectivity index (χ0n) is 14.4. The molecule has 0 unspecified atom stereocenters. The third kappa shape index (κ3) is 2.61. The maximum Gasteiger partial charge on any atom is 0.338 e. The van der Waals surface area contributed by atoms with Gasteiger partial charge < -0.3 is 14.4 Å². The van der Waals surface area contributed by atoms with Crippen molar-refractivity contribution in [3.63, 3.8) is 0 Å². The molecule has 1 N–H and O–H groups in total. The van der Waals surface area contributed by atoms with Gasteiger partial charge in [0.15, 0.2) is 0 Å². The van der Waals surface area contributed by atoms with E-state index in [4.69, 9.17) is 4.42 Å². The van der Waals surface area contributed by atoms with Crippen molar-refractivity contribution < 1.29 is 14.3 Å². The maximum absolute atomic E-state index is 11.4. The van der Waals surface area contributed by atoms with Crippen LogP contribution in [0.4, 0.5) is 5.69 Å². The van der Waals surface area contributed by atoms with E-state index in [0.29, 0.717) is 16.8 Å². The summed E-state index contributed by atoms with van der Waals surface area (Å²) in [5.41, 5.74) is 3.76. The lowest BCUT2D eigenvalue weighted by molar-refractivity contribution is 0.0699. The molecule has 0 spiro atoms. The summed E-state index contributed by atoms with van der Waals surface area (Å²) >= 11 is 1.00. The van der Waals surface area contributed by atoms with E-state index in [0.717, 1.165) is 47.0 Å². The first-order valence-corrected chi connectivity index (χ1v) is 9.12. The Morgan fingerprint density at radius 1 is 1.12 bits per heavy atom. The number of nitrogens with zero attached hydrogens (tertiary/aromatic N) is 3. The Kier molecular flexibility index (Phi) is 4.08. The summed E-state index contributed by atoms with van der Waals surface area (Å²) < 4.78 is 14.5. The van der Waals surface area contributed by atoms with Crippen LogP contribution in [-0.4, -0.2) is 32.9 Å². The van der Waals surface area contributed by atoms with Crippen LogP contribution in [0.25, 0.3) is 33.3 Å². The average molecular weight is 367 g/mol. The third-order valence-electron chi connectivity index (χ3n) is 4.54. The van der Waals surface area contributed by atoms with E-state index >= 15 is 0 Å². The maximum atomic E-state index is 11.4. The Hall–Kier alpha value is -2.93. The summed E-state index contributed by atoms with van der Waals surface area (Å²) in [4.78, 5) is 13.6. The van der Waals surface area contributed by atoms with E-state index in [2.05, 4.69) is 33.6 Å². The van der Waals surface area contributed by atoms with Crippen LogP contribution in [0.15, 0.2) is 40.8 Å². The molecule has 0 radical (unpaired) electrons. The normalized spacial score (nSPS) is 11.3. The smallest absolute Gasteiger partial charge is 0.338 e. The van der Waals surface area contributed by atoms with Crippen LogP contribution in [0, 0.1) is 0 Å². The number of hydrogen-bond donors (Lipinski definition) is 1. The summed E-state index contributed by atoms with van der Waals surface area (Å²) in [6, 6.07) is 11.4. The molecular weight excluding hydrogens is 350 g/mol. The quantitative estimate of drug-likeness (QED) is 0.553. The minimum atomic E-state index is -1.01. The fraction of sp³-hybridized carbons (Fsp3) is 0.211. The molecule has 0 aliphatic carbocycles. The molecule has 4 aromatic rings. The molecule has 4 rings (SSSR count). The highest BCUT2D eigenvalue weighted by Gasteiger charge is 2.18. The number of carbonyl (C=O) groups is 1. The second-order valence-corrected chi connectivity index (χ2v) is 6.46. The zero-order valence-corrected chi connectivity index (χ0v) is 15.2. The molecule has 0 fully saturated rings. The summed E-state index contributed by atoms with van der Waals surface area (Å²) in [7, 11) is 0. The van der Waals surface area contributed by atoms with Crippen LogP contribution >= 0.6 is 11.7 Å². The highest BCUT2D eigenvalue weighted by molar-refractivity contribution is 7.00. The van der Waals surface area contributed by atoms with E-state index in [1.807, 2.05) is 18.2 Å². The third-order valence-corrected chi connectivity index (χ3v) is 5.07. The molecule has 0 amide bonds. The monoisotopic (exact) mass is 367 g/mol. The Labute approximate surface area is 154 Å². The first-order chi connectivity index (χ1) is 12.6. The first-order valence-electron chi connectivity index (χ1n) is 8.39. The SMILES string of the molecule is CCN(CC)c1ccc2cc(-c3ccc(C(=O)O)c4nsnc34)oc2c1. The van der Waals surface area contributed by atoms with E-state index in [9.17, 15) is 9.90 Å². The fourth-order valence-corrected chi connectivity index (χ4v) is 3.75. The van der Waals surface area contributed by atoms with Gasteiger partial charge in [-0.25, -0.2) is 4.79 Å². The molecular formula is C19H17N3O3S. The van der Waals surface area contributed by atoms with Gasteiger partial charge in [0, 0.05) is 35.8 Å². The molecule has 0 atom stereocenters. The molecule has 2 heterocycles. The van der Waals surface area contributed by atoms with Crippen LogP contribution in [0.3, 0.4) is 0 Å². The second-order valence-electron chi connectivity index (χ2n) is 5.93. The highest BCUT2D eigenvalue weighted by Crippen LogP contribution is 2.34. The number of aromatic carboxylic acids is 1. The van der Waals surface area contributed by atoms with Crippen LogP contribution in [0.1, 0.15) is 24.2 Å². The molecule has 2 aromatic heterocycles. The van der Waals surface area contributed by atoms with Gasteiger partial charge in [0.25, 0.3) is 0 Å². The molecule has 0 saturated carbocycles. The molecule has 2 aromatic carbocycles. The highest BCUT2D eigenvalue weighted by atomic mass is 32.1. The predicted octanol–water partition coefficient (Wildman–Crippen LogP) is 4.65. The van der Waals surface area contributed by atoms with Gasteiger partial charge in [-0.15, -0.1) is 0 Å². The van der Waals surface area contributed by atoms with E-state index in [1.54, 1.807) is 12.1 Å². The summed E-state index contributed by atoms with van der Waals surface area (Å²) in [5, 5.41) is 10.3. The molecule has 6 nitrogen and oxygen atoms in total. The van der Waals surface area contributed by atoms with Gasteiger partial charge in [0.1, 0.15) is 22.4 Å². The van der Waals surface area contributed by atoms with E-state index < -0.39 is 5.97 Å². The lowest BCUT2D eigenvalue weighted by Gasteiger charge is -2.20. The molecule has 26 heavy (non-hydrogen) atoms. The number of carboxylic acids is 1. The molecule has 7 heteroatoms. The van der Waals surface area contributed by atoms with Gasteiger partial charge in [0.05, 0.1) is 17.3 Å². The van der Waals surface area contributed by atoms with Crippen molar-refractivity contribution in [2.45, 2.75) is 13.8 Å². The van der Waals surface area contributed by atoms with Gasteiger partial charge in [-0.05, 0) is 44.2 Å². The Bertz CT molecular complexity index is 1110. The standard InChI is InChI=1S/C19H17N3O3S/c1-3-22(4-2)12-6-5-11-9-16(25-15(11)10-12)13-7-8-14(19(23)24)18-17(13)20-26-21-18/h5-10H,3-4H2,1-2H3,(H,23,24). The molecule has 0 aliphatic rings. The average Bonchev–Trinajstić information content (AvgIpc) is 3.28. The number of furan rings is 1. The largest absolute Gasteiger partial charge is 0.478 e. The fourth-order valence-electron chi connectivity index (χ4n) is 3.18. The number of hydrogen-bond acceptors (Lipinski definition) is 6. The predicted molar refractivity (Wildman–Crippen MR) is 103 cm³/mol. The van der Waals surface area contributed by atoms with E-state index in [1.165, 1.54) is 0 Å². The molecule has 132 valence electrons. The van der Waals surface area contributed by atoms with Crippen LogP contribution < -0.4 is 4.90 Å². The van der Waals surface area contributed by atoms with Crippen molar-refractivity contribution in [1.29, 1.82) is 0 Å². The number of anilines is 1. The van der Waals surface area contributed by atoms with Crippen molar-refractivity contribution in [2.24, 2.45) is 0 Å². The summed E-state index contributed by atoms with van der Waals surface area (Å²) in [5.74, 6) is -0.353. The van der Waals surface area contributed by atoms with Crippen molar-refractivity contribution in [2.75, 3.05) is 18.0 Å². The number of rotatable bonds is 5. The second kappa shape index (κ2) is 6.42. The molecule has 0 bridgehead atoms. The van der Waals surface area contributed by atoms with Gasteiger partial charge >= 0.3 is 5.97 Å². The Morgan fingerprint density at radius 3 is 2.62 bits per heavy atom. The van der Waals surface area contributed by atoms with Crippen LogP contribution in [0.2, 0.25) is 0 Å². The van der Waals surface area contributed by atoms with Gasteiger partial charge in [-0.3, -0.25) is 0 Å². The Balaban J connectivity index is 1.85. The van der Waals surface area contributed by atoms with Gasteiger partial charge in [-0.1, -0.05) is 0 Å². The minimum absolute atomic E-state index is 0.150. The lowest BCUT2D eigenvalue weighted by atomic mass is 10.1. The number of fused-ring (bicyclic) bond motifs is 2. The Morgan fingerprint density at radius 2 is 1.88 bits per heavy atom. The van der Waals surface area contributed by atoms with Crippen LogP contribution in [0.5, 0.6) is 0 Å². The number of aromatic nitrogens is 2.